The third-order valence-electron chi connectivity index (χ3n) is 7.89. The van der Waals surface area contributed by atoms with Crippen molar-refractivity contribution in [2.24, 2.45) is 4.99 Å². The molecule has 0 spiro atoms. The first-order valence-electron chi connectivity index (χ1n) is 14.9. The van der Waals surface area contributed by atoms with Gasteiger partial charge in [-0.05, 0) is 69.6 Å². The van der Waals surface area contributed by atoms with Crippen molar-refractivity contribution in [1.29, 1.82) is 5.26 Å². The van der Waals surface area contributed by atoms with E-state index in [4.69, 9.17) is 23.9 Å². The lowest BCUT2D eigenvalue weighted by Gasteiger charge is -2.50. The largest absolute Gasteiger partial charge is 0.416 e. The molecular formula is C36H30F3IN2O4S. The highest BCUT2D eigenvalue weighted by Gasteiger charge is 2.54. The Bertz CT molecular complexity index is 1710. The van der Waals surface area contributed by atoms with Crippen LogP contribution in [-0.2, 0) is 38.2 Å². The number of ether oxygens (including phenoxy) is 4. The zero-order valence-corrected chi connectivity index (χ0v) is 27.9. The highest BCUT2D eigenvalue weighted by molar-refractivity contribution is 14.1. The number of benzene rings is 4. The zero-order chi connectivity index (χ0) is 32.9. The molecule has 0 saturated carbocycles. The van der Waals surface area contributed by atoms with Crippen LogP contribution in [0.25, 0.3) is 0 Å². The number of nitrogens with zero attached hydrogens (tertiary/aromatic N) is 2. The van der Waals surface area contributed by atoms with E-state index >= 15 is 0 Å². The number of nitriles is 1. The van der Waals surface area contributed by atoms with Crippen molar-refractivity contribution in [2.45, 2.75) is 59.7 Å². The molecule has 4 aromatic carbocycles. The van der Waals surface area contributed by atoms with E-state index in [0.717, 1.165) is 31.7 Å². The summed E-state index contributed by atoms with van der Waals surface area (Å²) in [5.74, 6) is -1.61. The fourth-order valence-corrected chi connectivity index (χ4v) is 7.23. The Labute approximate surface area is 289 Å². The molecule has 2 heterocycles. The van der Waals surface area contributed by atoms with E-state index in [9.17, 15) is 18.4 Å². The van der Waals surface area contributed by atoms with Gasteiger partial charge >= 0.3 is 6.18 Å². The topological polar surface area (TPSA) is 73.1 Å². The predicted octanol–water partition coefficient (Wildman–Crippen LogP) is 8.08. The average molecular weight is 771 g/mol. The molecule has 242 valence electrons. The third kappa shape index (κ3) is 8.25. The Balaban J connectivity index is 1.36. The molecule has 0 aliphatic carbocycles. The van der Waals surface area contributed by atoms with Gasteiger partial charge in [0.15, 0.2) is 0 Å². The molecule has 0 bridgehead atoms. The van der Waals surface area contributed by atoms with E-state index in [1.54, 1.807) is 0 Å². The van der Waals surface area contributed by atoms with E-state index in [1.807, 2.05) is 84.9 Å². The standard InChI is InChI=1S/C36H30F3IN2O4S/c37-36(38,39)27-17-15-24(16-18-27)20-42-31-32-30(22-44-35(23-41,46-32)19-26-11-7-8-14-29(26)40)45-34(47-28-12-5-2-6-13-28)33(31)43-21-25-9-3-1-4-10-25/h1-18,20,30-34H,19,21-22H2/t30-,31+,32-,33+,34-,35?/m1/s1. The van der Waals surface area contributed by atoms with E-state index in [-0.39, 0.29) is 19.6 Å². The van der Waals surface area contributed by atoms with Crippen molar-refractivity contribution in [3.8, 4) is 6.07 Å². The van der Waals surface area contributed by atoms with Gasteiger partial charge in [-0.25, -0.2) is 0 Å². The van der Waals surface area contributed by atoms with Crippen LogP contribution < -0.4 is 0 Å². The Morgan fingerprint density at radius 1 is 0.957 bits per heavy atom. The molecule has 47 heavy (non-hydrogen) atoms. The second kappa shape index (κ2) is 14.9. The minimum atomic E-state index is -4.45. The third-order valence-corrected chi connectivity index (χ3v) is 10.1. The maximum atomic E-state index is 13.2. The molecule has 1 unspecified atom stereocenters. The molecule has 2 aliphatic rings. The van der Waals surface area contributed by atoms with Gasteiger partial charge in [-0.2, -0.15) is 18.4 Å². The molecule has 0 amide bonds. The average Bonchev–Trinajstić information content (AvgIpc) is 3.08. The van der Waals surface area contributed by atoms with Crippen LogP contribution in [0.15, 0.2) is 119 Å². The van der Waals surface area contributed by atoms with Crippen LogP contribution in [0, 0.1) is 14.9 Å². The van der Waals surface area contributed by atoms with Crippen molar-refractivity contribution in [3.63, 3.8) is 0 Å². The number of aliphatic imine (C=N–C) groups is 1. The predicted molar refractivity (Wildman–Crippen MR) is 181 cm³/mol. The van der Waals surface area contributed by atoms with Crippen LogP contribution in [0.4, 0.5) is 13.2 Å². The molecular weight excluding hydrogens is 740 g/mol. The second-order valence-electron chi connectivity index (χ2n) is 11.1. The van der Waals surface area contributed by atoms with Gasteiger partial charge in [0.1, 0.15) is 35.9 Å². The van der Waals surface area contributed by atoms with Gasteiger partial charge in [0.25, 0.3) is 5.79 Å². The SMILES string of the molecule is N#CC1(Cc2ccccc2I)OC[C@H]2O[C@H](Sc3ccccc3)[C@@H](OCc3ccccc3)[C@@H](N=Cc3ccc(C(F)(F)F)cc3)[C@@H]2O1. The molecule has 0 N–H and O–H groups in total. The summed E-state index contributed by atoms with van der Waals surface area (Å²) in [6, 6.07) is 33.5. The molecule has 2 fully saturated rings. The minimum absolute atomic E-state index is 0.0746. The van der Waals surface area contributed by atoms with Crippen molar-refractivity contribution in [3.05, 3.63) is 135 Å². The lowest BCUT2D eigenvalue weighted by atomic mass is 9.94. The molecule has 6 atom stereocenters. The zero-order valence-electron chi connectivity index (χ0n) is 24.9. The summed E-state index contributed by atoms with van der Waals surface area (Å²) in [5, 5.41) is 10.4. The van der Waals surface area contributed by atoms with Gasteiger partial charge in [-0.1, -0.05) is 90.6 Å². The number of hydrogen-bond donors (Lipinski definition) is 0. The van der Waals surface area contributed by atoms with Crippen LogP contribution >= 0.6 is 34.4 Å². The second-order valence-corrected chi connectivity index (χ2v) is 13.5. The van der Waals surface area contributed by atoms with Gasteiger partial charge in [-0.15, -0.1) is 0 Å². The van der Waals surface area contributed by atoms with E-state index < -0.39 is 47.3 Å². The summed E-state index contributed by atoms with van der Waals surface area (Å²) in [6.07, 6.45) is -4.77. The quantitative estimate of drug-likeness (QED) is 0.127. The van der Waals surface area contributed by atoms with E-state index in [2.05, 4.69) is 28.7 Å². The van der Waals surface area contributed by atoms with Crippen LogP contribution in [0.5, 0.6) is 0 Å². The van der Waals surface area contributed by atoms with Crippen molar-refractivity contribution >= 4 is 40.6 Å². The summed E-state index contributed by atoms with van der Waals surface area (Å²) in [5.41, 5.74) is 1.03. The fraction of sp³-hybridized carbons (Fsp3) is 0.278. The molecule has 6 nitrogen and oxygen atoms in total. The van der Waals surface area contributed by atoms with Crippen molar-refractivity contribution in [2.75, 3.05) is 6.61 Å². The minimum Gasteiger partial charge on any atom is -0.368 e. The monoisotopic (exact) mass is 770 g/mol. The number of rotatable bonds is 9. The first-order chi connectivity index (χ1) is 22.7. The van der Waals surface area contributed by atoms with Gasteiger partial charge in [0.05, 0.1) is 18.8 Å². The fourth-order valence-electron chi connectivity index (χ4n) is 5.50. The summed E-state index contributed by atoms with van der Waals surface area (Å²) < 4.78 is 66.6. The van der Waals surface area contributed by atoms with Crippen molar-refractivity contribution in [1.82, 2.24) is 0 Å². The molecule has 2 aliphatic heterocycles. The Hall–Kier alpha value is -3.25. The van der Waals surface area contributed by atoms with Crippen LogP contribution in [0.1, 0.15) is 22.3 Å². The molecule has 0 aromatic heterocycles. The summed E-state index contributed by atoms with van der Waals surface area (Å²) in [7, 11) is 0. The molecule has 4 aromatic rings. The maximum Gasteiger partial charge on any atom is 0.416 e. The number of fused-ring (bicyclic) bond motifs is 1. The smallest absolute Gasteiger partial charge is 0.368 e. The highest BCUT2D eigenvalue weighted by atomic mass is 127. The Kier molecular flexibility index (Phi) is 10.7. The van der Waals surface area contributed by atoms with Crippen LogP contribution in [0.3, 0.4) is 0 Å². The highest BCUT2D eigenvalue weighted by Crippen LogP contribution is 2.42. The number of hydrogen-bond acceptors (Lipinski definition) is 7. The molecule has 11 heteroatoms. The maximum absolute atomic E-state index is 13.2. The molecule has 2 saturated heterocycles. The van der Waals surface area contributed by atoms with E-state index in [1.165, 1.54) is 30.1 Å². The first kappa shape index (κ1) is 33.6. The molecule has 6 rings (SSSR count). The van der Waals surface area contributed by atoms with Gasteiger partial charge in [-0.3, -0.25) is 4.99 Å². The van der Waals surface area contributed by atoms with Gasteiger partial charge in [0, 0.05) is 21.1 Å². The van der Waals surface area contributed by atoms with Gasteiger partial charge in [0.2, 0.25) is 0 Å². The number of halogens is 4. The number of thioether (sulfide) groups is 1. The van der Waals surface area contributed by atoms with Crippen LogP contribution in [-0.4, -0.2) is 48.4 Å². The summed E-state index contributed by atoms with van der Waals surface area (Å²) in [4.78, 5) is 5.88. The normalized spacial score (nSPS) is 26.1. The van der Waals surface area contributed by atoms with Crippen molar-refractivity contribution < 1.29 is 32.1 Å². The number of alkyl halides is 3. The Morgan fingerprint density at radius 3 is 2.32 bits per heavy atom. The Morgan fingerprint density at radius 2 is 1.64 bits per heavy atom. The summed E-state index contributed by atoms with van der Waals surface area (Å²) in [6.45, 7) is 0.331. The lowest BCUT2D eigenvalue weighted by molar-refractivity contribution is -0.326. The lowest BCUT2D eigenvalue weighted by Crippen LogP contribution is -2.64. The van der Waals surface area contributed by atoms with Gasteiger partial charge < -0.3 is 18.9 Å². The van der Waals surface area contributed by atoms with E-state index in [0.29, 0.717) is 5.56 Å². The summed E-state index contributed by atoms with van der Waals surface area (Å²) >= 11 is 3.70. The molecule has 0 radical (unpaired) electrons. The first-order valence-corrected chi connectivity index (χ1v) is 16.9. The van der Waals surface area contributed by atoms with Crippen LogP contribution in [0.2, 0.25) is 0 Å².